The zero-order valence-corrected chi connectivity index (χ0v) is 16.6. The van der Waals surface area contributed by atoms with Gasteiger partial charge in [-0.1, -0.05) is 24.3 Å². The molecule has 2 amide bonds. The first kappa shape index (κ1) is 19.0. The van der Waals surface area contributed by atoms with E-state index in [1.54, 1.807) is 22.9 Å². The normalized spacial score (nSPS) is 20.4. The van der Waals surface area contributed by atoms with E-state index in [0.29, 0.717) is 30.3 Å². The lowest BCUT2D eigenvalue weighted by atomic mass is 10.1. The van der Waals surface area contributed by atoms with E-state index < -0.39 is 0 Å². The van der Waals surface area contributed by atoms with Gasteiger partial charge in [-0.15, -0.1) is 11.8 Å². The lowest BCUT2D eigenvalue weighted by Crippen LogP contribution is -2.54. The predicted octanol–water partition coefficient (Wildman–Crippen LogP) is 1.94. The Morgan fingerprint density at radius 1 is 1.04 bits per heavy atom. The van der Waals surface area contributed by atoms with Crippen LogP contribution >= 0.6 is 11.8 Å². The molecule has 2 saturated heterocycles. The highest BCUT2D eigenvalue weighted by molar-refractivity contribution is 7.99. The highest BCUT2D eigenvalue weighted by Crippen LogP contribution is 2.25. The molecular formula is C21H24N4O2S. The third-order valence-electron chi connectivity index (χ3n) is 5.26. The van der Waals surface area contributed by atoms with Crippen molar-refractivity contribution in [1.82, 2.24) is 19.7 Å². The van der Waals surface area contributed by atoms with Gasteiger partial charge in [0.05, 0.1) is 5.88 Å². The van der Waals surface area contributed by atoms with E-state index in [1.807, 2.05) is 47.5 Å². The van der Waals surface area contributed by atoms with Crippen LogP contribution in [0.1, 0.15) is 15.9 Å². The van der Waals surface area contributed by atoms with Crippen LogP contribution in [0.15, 0.2) is 54.9 Å². The zero-order chi connectivity index (χ0) is 19.3. The van der Waals surface area contributed by atoms with Crippen LogP contribution in [-0.2, 0) is 11.3 Å². The average molecular weight is 397 g/mol. The number of piperazine rings is 1. The lowest BCUT2D eigenvalue weighted by Gasteiger charge is -2.37. The minimum Gasteiger partial charge on any atom is -0.338 e. The van der Waals surface area contributed by atoms with Crippen LogP contribution in [0, 0.1) is 0 Å². The summed E-state index contributed by atoms with van der Waals surface area (Å²) in [6.07, 6.45) is 3.67. The van der Waals surface area contributed by atoms with Gasteiger partial charge in [0.1, 0.15) is 6.04 Å². The van der Waals surface area contributed by atoms with Crippen LogP contribution in [0.5, 0.6) is 0 Å². The molecular weight excluding hydrogens is 372 g/mol. The Kier molecular flexibility index (Phi) is 5.92. The first-order valence-electron chi connectivity index (χ1n) is 9.56. The van der Waals surface area contributed by atoms with Gasteiger partial charge in [-0.25, -0.2) is 0 Å². The molecule has 0 spiro atoms. The van der Waals surface area contributed by atoms with Crippen molar-refractivity contribution in [3.8, 4) is 0 Å². The molecule has 28 heavy (non-hydrogen) atoms. The van der Waals surface area contributed by atoms with Crippen LogP contribution < -0.4 is 0 Å². The van der Waals surface area contributed by atoms with Crippen LogP contribution in [-0.4, -0.2) is 75.3 Å². The van der Waals surface area contributed by atoms with Gasteiger partial charge < -0.3 is 9.80 Å². The predicted molar refractivity (Wildman–Crippen MR) is 110 cm³/mol. The van der Waals surface area contributed by atoms with Gasteiger partial charge in [0, 0.05) is 56.4 Å². The van der Waals surface area contributed by atoms with Crippen molar-refractivity contribution in [2.24, 2.45) is 0 Å². The molecule has 2 aliphatic rings. The van der Waals surface area contributed by atoms with E-state index in [4.69, 9.17) is 0 Å². The Morgan fingerprint density at radius 3 is 2.54 bits per heavy atom. The molecule has 4 rings (SSSR count). The maximum Gasteiger partial charge on any atom is 0.255 e. The van der Waals surface area contributed by atoms with Crippen LogP contribution in [0.3, 0.4) is 0 Å². The zero-order valence-electron chi connectivity index (χ0n) is 15.7. The fraction of sp³-hybridized carbons (Fsp3) is 0.381. The van der Waals surface area contributed by atoms with E-state index in [9.17, 15) is 9.59 Å². The van der Waals surface area contributed by atoms with E-state index in [1.165, 1.54) is 5.56 Å². The molecule has 1 unspecified atom stereocenters. The number of rotatable bonds is 4. The molecule has 1 aromatic carbocycles. The number of hydrogen-bond acceptors (Lipinski definition) is 5. The Labute approximate surface area is 169 Å². The lowest BCUT2D eigenvalue weighted by molar-refractivity contribution is -0.136. The number of carbonyl (C=O) groups excluding carboxylic acids is 2. The second-order valence-electron chi connectivity index (χ2n) is 7.12. The van der Waals surface area contributed by atoms with Crippen molar-refractivity contribution in [2.75, 3.05) is 37.8 Å². The summed E-state index contributed by atoms with van der Waals surface area (Å²) in [6.45, 7) is 3.94. The second kappa shape index (κ2) is 8.75. The maximum atomic E-state index is 13.1. The average Bonchev–Trinajstić information content (AvgIpc) is 3.24. The summed E-state index contributed by atoms with van der Waals surface area (Å²) in [5.74, 6) is 1.27. The van der Waals surface area contributed by atoms with Crippen molar-refractivity contribution in [2.45, 2.75) is 12.6 Å². The molecule has 0 saturated carbocycles. The van der Waals surface area contributed by atoms with Gasteiger partial charge in [0.15, 0.2) is 0 Å². The molecule has 0 bridgehead atoms. The van der Waals surface area contributed by atoms with E-state index in [-0.39, 0.29) is 17.9 Å². The molecule has 7 heteroatoms. The first-order chi connectivity index (χ1) is 13.7. The largest absolute Gasteiger partial charge is 0.338 e. The van der Waals surface area contributed by atoms with Crippen molar-refractivity contribution in [3.05, 3.63) is 66.0 Å². The molecule has 146 valence electrons. The number of carbonyl (C=O) groups is 2. The molecule has 2 fully saturated rings. The van der Waals surface area contributed by atoms with Crippen molar-refractivity contribution >= 4 is 23.6 Å². The number of aromatic nitrogens is 1. The minimum absolute atomic E-state index is 0.0563. The Balaban J connectivity index is 1.35. The van der Waals surface area contributed by atoms with Crippen molar-refractivity contribution in [3.63, 3.8) is 0 Å². The topological polar surface area (TPSA) is 56.8 Å². The highest BCUT2D eigenvalue weighted by Gasteiger charge is 2.38. The first-order valence-corrected chi connectivity index (χ1v) is 10.7. The van der Waals surface area contributed by atoms with Gasteiger partial charge in [0.2, 0.25) is 5.91 Å². The number of hydrogen-bond donors (Lipinski definition) is 0. The van der Waals surface area contributed by atoms with Crippen LogP contribution in [0.4, 0.5) is 0 Å². The third-order valence-corrected chi connectivity index (χ3v) is 6.27. The van der Waals surface area contributed by atoms with E-state index in [0.717, 1.165) is 19.6 Å². The van der Waals surface area contributed by atoms with Crippen molar-refractivity contribution < 1.29 is 9.59 Å². The summed E-state index contributed by atoms with van der Waals surface area (Å²) in [5.41, 5.74) is 1.83. The quantitative estimate of drug-likeness (QED) is 0.791. The Bertz CT molecular complexity index is 810. The summed E-state index contributed by atoms with van der Waals surface area (Å²) in [4.78, 5) is 36.1. The standard InChI is InChI=1S/C21H24N4O2S/c26-20(18-6-2-1-3-7-18)25-16-28-15-19(25)21(27)24-11-9-23(10-12-24)14-17-5-4-8-22-13-17/h1-8,13,19H,9-12,14-16H2. The van der Waals surface area contributed by atoms with Crippen LogP contribution in [0.2, 0.25) is 0 Å². The summed E-state index contributed by atoms with van der Waals surface area (Å²) in [6, 6.07) is 12.9. The van der Waals surface area contributed by atoms with Gasteiger partial charge in [-0.05, 0) is 23.8 Å². The molecule has 3 heterocycles. The number of benzene rings is 1. The number of nitrogens with zero attached hydrogens (tertiary/aromatic N) is 4. The van der Waals surface area contributed by atoms with Crippen molar-refractivity contribution in [1.29, 1.82) is 0 Å². The monoisotopic (exact) mass is 396 g/mol. The van der Waals surface area contributed by atoms with Gasteiger partial charge >= 0.3 is 0 Å². The molecule has 0 N–H and O–H groups in total. The fourth-order valence-corrected chi connectivity index (χ4v) is 4.83. The van der Waals surface area contributed by atoms with E-state index in [2.05, 4.69) is 16.0 Å². The van der Waals surface area contributed by atoms with Crippen LogP contribution in [0.25, 0.3) is 0 Å². The SMILES string of the molecule is O=C(C1CSCN1C(=O)c1ccccc1)N1CCN(Cc2cccnc2)CC1. The summed E-state index contributed by atoms with van der Waals surface area (Å²) >= 11 is 1.65. The Morgan fingerprint density at radius 2 is 1.82 bits per heavy atom. The summed E-state index contributed by atoms with van der Waals surface area (Å²) < 4.78 is 0. The molecule has 1 atom stereocenters. The highest BCUT2D eigenvalue weighted by atomic mass is 32.2. The molecule has 0 radical (unpaired) electrons. The van der Waals surface area contributed by atoms with Gasteiger partial charge in [-0.2, -0.15) is 0 Å². The summed E-state index contributed by atoms with van der Waals surface area (Å²) in [7, 11) is 0. The second-order valence-corrected chi connectivity index (χ2v) is 8.12. The third kappa shape index (κ3) is 4.20. The Hall–Kier alpha value is -2.38. The molecule has 2 aliphatic heterocycles. The molecule has 6 nitrogen and oxygen atoms in total. The summed E-state index contributed by atoms with van der Waals surface area (Å²) in [5, 5.41) is 0. The number of pyridine rings is 1. The smallest absolute Gasteiger partial charge is 0.255 e. The number of thioether (sulfide) groups is 1. The van der Waals surface area contributed by atoms with E-state index >= 15 is 0 Å². The van der Waals surface area contributed by atoms with Gasteiger partial charge in [0.25, 0.3) is 5.91 Å². The molecule has 1 aromatic heterocycles. The molecule has 2 aromatic rings. The van der Waals surface area contributed by atoms with Gasteiger partial charge in [-0.3, -0.25) is 19.5 Å². The minimum atomic E-state index is -0.359. The maximum absolute atomic E-state index is 13.1. The number of amides is 2. The fourth-order valence-electron chi connectivity index (χ4n) is 3.68. The molecule has 0 aliphatic carbocycles.